The first-order chi connectivity index (χ1) is 9.12. The van der Waals surface area contributed by atoms with Gasteiger partial charge in [-0.05, 0) is 23.6 Å². The van der Waals surface area contributed by atoms with Gasteiger partial charge in [0.2, 0.25) is 5.75 Å². The van der Waals surface area contributed by atoms with Crippen molar-refractivity contribution < 1.29 is 19.0 Å². The summed E-state index contributed by atoms with van der Waals surface area (Å²) in [6, 6.07) is 3.79. The molecule has 0 unspecified atom stereocenters. The van der Waals surface area contributed by atoms with Crippen LogP contribution >= 0.6 is 0 Å². The first-order valence-electron chi connectivity index (χ1n) is 6.25. The smallest absolute Gasteiger partial charge is 0.203 e. The number of hydroxylamine groups is 1. The third-order valence-electron chi connectivity index (χ3n) is 2.52. The van der Waals surface area contributed by atoms with Gasteiger partial charge in [0.05, 0.1) is 27.9 Å². The molecule has 0 amide bonds. The summed E-state index contributed by atoms with van der Waals surface area (Å²) in [4.78, 5) is 5.34. The zero-order valence-electron chi connectivity index (χ0n) is 12.3. The van der Waals surface area contributed by atoms with E-state index in [1.165, 1.54) is 0 Å². The zero-order chi connectivity index (χ0) is 14.3. The molecular weight excluding hydrogens is 246 g/mol. The van der Waals surface area contributed by atoms with Gasteiger partial charge in [0.25, 0.3) is 0 Å². The van der Waals surface area contributed by atoms with E-state index in [1.807, 2.05) is 12.1 Å². The number of methoxy groups -OCH3 is 3. The average Bonchev–Trinajstić information content (AvgIpc) is 2.42. The minimum Gasteiger partial charge on any atom is -0.493 e. The highest BCUT2D eigenvalue weighted by Gasteiger charge is 2.12. The molecule has 1 aromatic carbocycles. The van der Waals surface area contributed by atoms with Gasteiger partial charge in [-0.2, -0.15) is 5.48 Å². The predicted molar refractivity (Wildman–Crippen MR) is 73.7 cm³/mol. The van der Waals surface area contributed by atoms with Crippen molar-refractivity contribution in [3.63, 3.8) is 0 Å². The Kier molecular flexibility index (Phi) is 6.45. The maximum Gasteiger partial charge on any atom is 0.203 e. The SMILES string of the molecule is COc1cc(CNOCC(C)C)cc(OC)c1OC. The van der Waals surface area contributed by atoms with E-state index in [-0.39, 0.29) is 0 Å². The molecule has 1 aromatic rings. The van der Waals surface area contributed by atoms with Gasteiger partial charge in [-0.1, -0.05) is 13.8 Å². The zero-order valence-corrected chi connectivity index (χ0v) is 12.3. The fraction of sp³-hybridized carbons (Fsp3) is 0.571. The van der Waals surface area contributed by atoms with Crippen LogP contribution < -0.4 is 19.7 Å². The molecule has 0 saturated carbocycles. The van der Waals surface area contributed by atoms with Crippen LogP contribution in [0, 0.1) is 5.92 Å². The summed E-state index contributed by atoms with van der Waals surface area (Å²) in [7, 11) is 4.79. The number of ether oxygens (including phenoxy) is 3. The lowest BCUT2D eigenvalue weighted by Gasteiger charge is -2.14. The topological polar surface area (TPSA) is 49.0 Å². The number of hydrogen-bond acceptors (Lipinski definition) is 5. The quantitative estimate of drug-likeness (QED) is 0.580. The van der Waals surface area contributed by atoms with Crippen LogP contribution in [-0.4, -0.2) is 27.9 Å². The van der Waals surface area contributed by atoms with Crippen LogP contribution in [0.2, 0.25) is 0 Å². The molecule has 0 aliphatic carbocycles. The largest absolute Gasteiger partial charge is 0.493 e. The lowest BCUT2D eigenvalue weighted by Crippen LogP contribution is -2.17. The van der Waals surface area contributed by atoms with E-state index < -0.39 is 0 Å². The minimum absolute atomic E-state index is 0.493. The molecule has 1 rings (SSSR count). The van der Waals surface area contributed by atoms with Crippen molar-refractivity contribution in [3.8, 4) is 17.2 Å². The molecule has 0 aromatic heterocycles. The Labute approximate surface area is 114 Å². The molecule has 19 heavy (non-hydrogen) atoms. The van der Waals surface area contributed by atoms with E-state index in [4.69, 9.17) is 19.0 Å². The number of rotatable bonds is 8. The lowest BCUT2D eigenvalue weighted by atomic mass is 10.2. The van der Waals surface area contributed by atoms with Crippen LogP contribution in [0.1, 0.15) is 19.4 Å². The van der Waals surface area contributed by atoms with Crippen molar-refractivity contribution >= 4 is 0 Å². The van der Waals surface area contributed by atoms with E-state index in [0.717, 1.165) is 5.56 Å². The van der Waals surface area contributed by atoms with Crippen LogP contribution in [-0.2, 0) is 11.4 Å². The maximum atomic E-state index is 5.34. The Bertz CT molecular complexity index is 368. The van der Waals surface area contributed by atoms with E-state index in [9.17, 15) is 0 Å². The molecule has 0 atom stereocenters. The van der Waals surface area contributed by atoms with Gasteiger partial charge in [0.15, 0.2) is 11.5 Å². The van der Waals surface area contributed by atoms with Gasteiger partial charge in [0, 0.05) is 6.54 Å². The monoisotopic (exact) mass is 269 g/mol. The maximum absolute atomic E-state index is 5.34. The second kappa shape index (κ2) is 7.86. The first kappa shape index (κ1) is 15.6. The predicted octanol–water partition coefficient (Wildman–Crippen LogP) is 2.39. The van der Waals surface area contributed by atoms with E-state index >= 15 is 0 Å². The summed E-state index contributed by atoms with van der Waals surface area (Å²) in [6.45, 7) is 5.44. The van der Waals surface area contributed by atoms with Gasteiger partial charge < -0.3 is 19.0 Å². The fourth-order valence-electron chi connectivity index (χ4n) is 1.60. The average molecular weight is 269 g/mol. The first-order valence-corrected chi connectivity index (χ1v) is 6.25. The molecule has 0 radical (unpaired) electrons. The standard InChI is InChI=1S/C14H23NO4/c1-10(2)9-19-15-8-11-6-12(16-3)14(18-5)13(7-11)17-4/h6-7,10,15H,8-9H2,1-5H3. The van der Waals surface area contributed by atoms with Gasteiger partial charge in [-0.3, -0.25) is 0 Å². The molecule has 5 heteroatoms. The van der Waals surface area contributed by atoms with Gasteiger partial charge >= 0.3 is 0 Å². The van der Waals surface area contributed by atoms with Crippen molar-refractivity contribution in [3.05, 3.63) is 17.7 Å². The third-order valence-corrected chi connectivity index (χ3v) is 2.52. The van der Waals surface area contributed by atoms with Crippen LogP contribution in [0.4, 0.5) is 0 Å². The normalized spacial score (nSPS) is 10.6. The van der Waals surface area contributed by atoms with Gasteiger partial charge in [0.1, 0.15) is 0 Å². The molecule has 0 aliphatic rings. The minimum atomic E-state index is 0.493. The second-order valence-corrected chi connectivity index (χ2v) is 4.56. The summed E-state index contributed by atoms with van der Waals surface area (Å²) in [5, 5.41) is 0. The highest BCUT2D eigenvalue weighted by Crippen LogP contribution is 2.38. The molecule has 0 saturated heterocycles. The summed E-state index contributed by atoms with van der Waals surface area (Å²) in [6.07, 6.45) is 0. The molecule has 1 N–H and O–H groups in total. The number of benzene rings is 1. The van der Waals surface area contributed by atoms with Crippen LogP contribution in [0.5, 0.6) is 17.2 Å². The van der Waals surface area contributed by atoms with Crippen molar-refractivity contribution in [2.24, 2.45) is 5.92 Å². The van der Waals surface area contributed by atoms with Crippen molar-refractivity contribution in [1.82, 2.24) is 5.48 Å². The Morgan fingerprint density at radius 2 is 1.58 bits per heavy atom. The fourth-order valence-corrected chi connectivity index (χ4v) is 1.60. The molecule has 0 spiro atoms. The third kappa shape index (κ3) is 4.61. The summed E-state index contributed by atoms with van der Waals surface area (Å²) >= 11 is 0. The molecule has 0 fully saturated rings. The Morgan fingerprint density at radius 3 is 2.00 bits per heavy atom. The van der Waals surface area contributed by atoms with Crippen LogP contribution in [0.3, 0.4) is 0 Å². The van der Waals surface area contributed by atoms with Crippen LogP contribution in [0.25, 0.3) is 0 Å². The van der Waals surface area contributed by atoms with Gasteiger partial charge in [-0.15, -0.1) is 0 Å². The van der Waals surface area contributed by atoms with Gasteiger partial charge in [-0.25, -0.2) is 0 Å². The Morgan fingerprint density at radius 1 is 1.00 bits per heavy atom. The Hall–Kier alpha value is -1.46. The molecule has 5 nitrogen and oxygen atoms in total. The summed E-state index contributed by atoms with van der Waals surface area (Å²) < 4.78 is 15.8. The van der Waals surface area contributed by atoms with Crippen LogP contribution in [0.15, 0.2) is 12.1 Å². The van der Waals surface area contributed by atoms with Crippen molar-refractivity contribution in [1.29, 1.82) is 0 Å². The highest BCUT2D eigenvalue weighted by molar-refractivity contribution is 5.53. The molecule has 108 valence electrons. The van der Waals surface area contributed by atoms with E-state index in [1.54, 1.807) is 21.3 Å². The molecule has 0 heterocycles. The molecular formula is C14H23NO4. The number of nitrogens with one attached hydrogen (secondary N) is 1. The Balaban J connectivity index is 2.73. The molecule has 0 bridgehead atoms. The van der Waals surface area contributed by atoms with E-state index in [0.29, 0.717) is 36.3 Å². The second-order valence-electron chi connectivity index (χ2n) is 4.56. The van der Waals surface area contributed by atoms with Crippen molar-refractivity contribution in [2.45, 2.75) is 20.4 Å². The lowest BCUT2D eigenvalue weighted by molar-refractivity contribution is 0.0196. The molecule has 0 aliphatic heterocycles. The summed E-state index contributed by atoms with van der Waals surface area (Å²) in [5.41, 5.74) is 3.92. The number of hydrogen-bond donors (Lipinski definition) is 1. The summed E-state index contributed by atoms with van der Waals surface area (Å²) in [5.74, 6) is 2.37. The van der Waals surface area contributed by atoms with E-state index in [2.05, 4.69) is 19.3 Å². The highest BCUT2D eigenvalue weighted by atomic mass is 16.6. The van der Waals surface area contributed by atoms with Crippen molar-refractivity contribution in [2.75, 3.05) is 27.9 Å².